The van der Waals surface area contributed by atoms with Gasteiger partial charge in [-0.3, -0.25) is 35.8 Å². The van der Waals surface area contributed by atoms with Crippen LogP contribution in [-0.4, -0.2) is 31.1 Å². The number of nitrogens with one attached hydrogen (secondary N) is 1. The number of nitrogens with zero attached hydrogens (tertiary/aromatic N) is 5. The van der Waals surface area contributed by atoms with Crippen LogP contribution >= 0.6 is 0 Å². The summed E-state index contributed by atoms with van der Waals surface area (Å²) < 4.78 is 0. The average Bonchev–Trinajstić information content (AvgIpc) is 2.56. The molecule has 2 aromatic rings. The molecule has 0 amide bonds. The molecule has 25 heavy (non-hydrogen) atoms. The first-order valence-corrected chi connectivity index (χ1v) is 6.35. The van der Waals surface area contributed by atoms with E-state index >= 15 is 0 Å². The van der Waals surface area contributed by atoms with Crippen LogP contribution in [0, 0.1) is 30.3 Å². The van der Waals surface area contributed by atoms with Crippen molar-refractivity contribution in [1.82, 2.24) is 4.98 Å². The first-order valence-electron chi connectivity index (χ1n) is 6.35. The number of rotatable bonds is 6. The van der Waals surface area contributed by atoms with Gasteiger partial charge in [0.15, 0.2) is 0 Å². The van der Waals surface area contributed by atoms with Gasteiger partial charge >= 0.3 is 11.4 Å². The lowest BCUT2D eigenvalue weighted by atomic mass is 10.1. The topological polar surface area (TPSA) is 187 Å². The molecule has 0 spiro atoms. The minimum absolute atomic E-state index is 0.219. The maximum atomic E-state index is 10.8. The van der Waals surface area contributed by atoms with E-state index in [1.807, 2.05) is 0 Å². The summed E-state index contributed by atoms with van der Waals surface area (Å²) in [6.45, 7) is 0. The third kappa shape index (κ3) is 3.79. The van der Waals surface area contributed by atoms with Gasteiger partial charge in [0.05, 0.1) is 32.6 Å². The molecule has 0 saturated carbocycles. The molecule has 1 heterocycles. The fourth-order valence-corrected chi connectivity index (χ4v) is 1.76. The van der Waals surface area contributed by atoms with Crippen molar-refractivity contribution in [2.75, 3.05) is 5.43 Å². The van der Waals surface area contributed by atoms with Crippen LogP contribution in [0.2, 0.25) is 0 Å². The number of anilines is 1. The van der Waals surface area contributed by atoms with E-state index in [4.69, 9.17) is 0 Å². The second-order valence-corrected chi connectivity index (χ2v) is 4.42. The van der Waals surface area contributed by atoms with Crippen LogP contribution in [-0.2, 0) is 0 Å². The molecule has 1 aromatic carbocycles. The van der Waals surface area contributed by atoms with Crippen LogP contribution in [0.5, 0.6) is 5.75 Å². The minimum Gasteiger partial charge on any atom is -0.502 e. The Hall–Kier alpha value is -4.16. The summed E-state index contributed by atoms with van der Waals surface area (Å²) in [7, 11) is 0. The second-order valence-electron chi connectivity index (χ2n) is 4.42. The molecule has 0 atom stereocenters. The van der Waals surface area contributed by atoms with Gasteiger partial charge in [-0.25, -0.2) is 4.98 Å². The van der Waals surface area contributed by atoms with E-state index in [9.17, 15) is 35.4 Å². The maximum absolute atomic E-state index is 10.8. The van der Waals surface area contributed by atoms with Gasteiger partial charge in [0, 0.05) is 18.3 Å². The molecule has 0 aliphatic heterocycles. The fourth-order valence-electron chi connectivity index (χ4n) is 1.76. The van der Waals surface area contributed by atoms with Crippen LogP contribution in [0.1, 0.15) is 5.56 Å². The van der Waals surface area contributed by atoms with E-state index < -0.39 is 31.9 Å². The number of hydrogen-bond acceptors (Lipinski definition) is 10. The van der Waals surface area contributed by atoms with Crippen molar-refractivity contribution in [2.45, 2.75) is 0 Å². The Kier molecular flexibility index (Phi) is 4.78. The number of pyridine rings is 1. The largest absolute Gasteiger partial charge is 0.502 e. The summed E-state index contributed by atoms with van der Waals surface area (Å²) in [5.41, 5.74) is 0.0207. The number of benzene rings is 1. The number of aromatic nitrogens is 1. The monoisotopic (exact) mass is 348 g/mol. The Morgan fingerprint density at radius 3 is 2.36 bits per heavy atom. The number of nitro benzene ring substituents is 2. The van der Waals surface area contributed by atoms with Crippen molar-refractivity contribution in [3.63, 3.8) is 0 Å². The molecule has 0 bridgehead atoms. The van der Waals surface area contributed by atoms with Crippen LogP contribution < -0.4 is 5.43 Å². The van der Waals surface area contributed by atoms with Gasteiger partial charge in [-0.15, -0.1) is 0 Å². The van der Waals surface area contributed by atoms with Crippen molar-refractivity contribution in [1.29, 1.82) is 0 Å². The van der Waals surface area contributed by atoms with Gasteiger partial charge in [-0.2, -0.15) is 5.10 Å². The van der Waals surface area contributed by atoms with Gasteiger partial charge < -0.3 is 5.11 Å². The molecule has 0 saturated heterocycles. The molecule has 128 valence electrons. The molecule has 0 aliphatic carbocycles. The Balaban J connectivity index is 2.37. The van der Waals surface area contributed by atoms with E-state index in [-0.39, 0.29) is 17.1 Å². The number of hydrogen-bond donors (Lipinski definition) is 2. The predicted molar refractivity (Wildman–Crippen MR) is 83.5 cm³/mol. The minimum atomic E-state index is -0.989. The highest BCUT2D eigenvalue weighted by molar-refractivity contribution is 5.87. The van der Waals surface area contributed by atoms with Gasteiger partial charge in [0.1, 0.15) is 0 Å². The standard InChI is InChI=1S/C12H8N6O7/c19-11-7(4-8(16(20)21)5-10(11)18(24)25)6-14-15-12-9(17(22)23)2-1-3-13-12/h1-6,19H,(H,13,15)/b14-6-. The molecular formula is C12H8N6O7. The number of phenols is 1. The molecule has 0 radical (unpaired) electrons. The maximum Gasteiger partial charge on any atom is 0.318 e. The SMILES string of the molecule is O=[N+]([O-])c1cc(/C=N\Nc2ncccc2[N+](=O)[O-])c(O)c([N+](=O)[O-])c1. The fraction of sp³-hybridized carbons (Fsp3) is 0. The first kappa shape index (κ1) is 17.2. The third-order valence-corrected chi connectivity index (χ3v) is 2.87. The zero-order chi connectivity index (χ0) is 18.6. The number of phenolic OH excluding ortho intramolecular Hbond substituents is 1. The van der Waals surface area contributed by atoms with Gasteiger partial charge in [-0.1, -0.05) is 0 Å². The van der Waals surface area contributed by atoms with Gasteiger partial charge in [0.25, 0.3) is 5.69 Å². The highest BCUT2D eigenvalue weighted by atomic mass is 16.6. The van der Waals surface area contributed by atoms with Gasteiger partial charge in [0.2, 0.25) is 11.6 Å². The van der Waals surface area contributed by atoms with E-state index in [0.29, 0.717) is 6.07 Å². The van der Waals surface area contributed by atoms with Crippen LogP contribution in [0.15, 0.2) is 35.6 Å². The smallest absolute Gasteiger partial charge is 0.318 e. The van der Waals surface area contributed by atoms with E-state index in [0.717, 1.165) is 12.3 Å². The highest BCUT2D eigenvalue weighted by Gasteiger charge is 2.23. The number of non-ortho nitro benzene ring substituents is 1. The number of hydrazone groups is 1. The van der Waals surface area contributed by atoms with Gasteiger partial charge in [-0.05, 0) is 6.07 Å². The van der Waals surface area contributed by atoms with Crippen molar-refractivity contribution in [3.8, 4) is 5.75 Å². The summed E-state index contributed by atoms with van der Waals surface area (Å²) in [6, 6.07) is 3.97. The lowest BCUT2D eigenvalue weighted by Crippen LogP contribution is -2.00. The Bertz CT molecular complexity index is 898. The molecule has 0 fully saturated rings. The van der Waals surface area contributed by atoms with Crippen molar-refractivity contribution in [2.24, 2.45) is 5.10 Å². The zero-order valence-corrected chi connectivity index (χ0v) is 12.1. The highest BCUT2D eigenvalue weighted by Crippen LogP contribution is 2.33. The van der Waals surface area contributed by atoms with Crippen molar-refractivity contribution >= 4 is 29.1 Å². The molecular weight excluding hydrogens is 340 g/mol. The van der Waals surface area contributed by atoms with Crippen LogP contribution in [0.25, 0.3) is 0 Å². The Labute approximate surface area is 137 Å². The zero-order valence-electron chi connectivity index (χ0n) is 12.1. The third-order valence-electron chi connectivity index (χ3n) is 2.87. The van der Waals surface area contributed by atoms with E-state index in [1.165, 1.54) is 18.3 Å². The molecule has 1 aromatic heterocycles. The quantitative estimate of drug-likeness (QED) is 0.446. The lowest BCUT2D eigenvalue weighted by molar-refractivity contribution is -0.394. The summed E-state index contributed by atoms with van der Waals surface area (Å²) in [6.07, 6.45) is 2.11. The average molecular weight is 348 g/mol. The summed E-state index contributed by atoms with van der Waals surface area (Å²) in [4.78, 5) is 33.6. The van der Waals surface area contributed by atoms with Crippen molar-refractivity contribution in [3.05, 3.63) is 66.4 Å². The second kappa shape index (κ2) is 6.95. The summed E-state index contributed by atoms with van der Waals surface area (Å²) in [5.74, 6) is -1.06. The Morgan fingerprint density at radius 2 is 1.76 bits per heavy atom. The number of nitro groups is 3. The predicted octanol–water partition coefficient (Wildman–Crippen LogP) is 1.96. The molecule has 2 N–H and O–H groups in total. The normalized spacial score (nSPS) is 10.6. The van der Waals surface area contributed by atoms with Crippen LogP contribution in [0.4, 0.5) is 22.9 Å². The summed E-state index contributed by atoms with van der Waals surface area (Å²) >= 11 is 0. The molecule has 0 unspecified atom stereocenters. The van der Waals surface area contributed by atoms with E-state index in [1.54, 1.807) is 0 Å². The van der Waals surface area contributed by atoms with E-state index in [2.05, 4.69) is 15.5 Å². The lowest BCUT2D eigenvalue weighted by Gasteiger charge is -2.02. The molecule has 2 rings (SSSR count). The molecule has 13 nitrogen and oxygen atoms in total. The number of aromatic hydroxyl groups is 1. The van der Waals surface area contributed by atoms with Crippen LogP contribution in [0.3, 0.4) is 0 Å². The molecule has 0 aliphatic rings. The summed E-state index contributed by atoms with van der Waals surface area (Å²) in [5, 5.41) is 45.9. The molecule has 13 heteroatoms. The Morgan fingerprint density at radius 1 is 1.08 bits per heavy atom. The first-order chi connectivity index (χ1) is 11.8. The van der Waals surface area contributed by atoms with Crippen molar-refractivity contribution < 1.29 is 19.9 Å².